The Morgan fingerprint density at radius 1 is 1.00 bits per heavy atom. The van der Waals surface area contributed by atoms with Crippen LogP contribution in [-0.4, -0.2) is 26.7 Å². The van der Waals surface area contributed by atoms with E-state index in [2.05, 4.69) is 4.98 Å². The molecule has 150 valence electrons. The van der Waals surface area contributed by atoms with Gasteiger partial charge < -0.3 is 10.0 Å². The van der Waals surface area contributed by atoms with Crippen LogP contribution in [0.15, 0.2) is 78.6 Å². The Morgan fingerprint density at radius 3 is 2.33 bits per heavy atom. The van der Waals surface area contributed by atoms with Crippen LogP contribution in [0, 0.1) is 13.8 Å². The highest BCUT2D eigenvalue weighted by Gasteiger charge is 2.46. The van der Waals surface area contributed by atoms with Crippen molar-refractivity contribution in [2.75, 3.05) is 0 Å². The number of pyridine rings is 1. The Hall–Kier alpha value is -3.73. The number of nitrogens with zero attached hydrogens (tertiary/aromatic N) is 2. The SMILES string of the molecule is Cc1cc(C)cc(C2/C(=C(/O)c3ccccc3)C(=O)C(=O)N2Cc2cccnc2)c1. The number of benzene rings is 2. The van der Waals surface area contributed by atoms with Gasteiger partial charge in [0.25, 0.3) is 11.7 Å². The van der Waals surface area contributed by atoms with Gasteiger partial charge in [0.2, 0.25) is 0 Å². The molecule has 1 atom stereocenters. The van der Waals surface area contributed by atoms with Gasteiger partial charge in [0.15, 0.2) is 0 Å². The molecule has 0 saturated carbocycles. The van der Waals surface area contributed by atoms with Crippen molar-refractivity contribution in [2.45, 2.75) is 26.4 Å². The number of hydrogen-bond acceptors (Lipinski definition) is 4. The van der Waals surface area contributed by atoms with Gasteiger partial charge in [-0.25, -0.2) is 0 Å². The number of ketones is 1. The van der Waals surface area contributed by atoms with E-state index in [1.807, 2.05) is 44.2 Å². The average Bonchev–Trinajstić information content (AvgIpc) is 2.99. The van der Waals surface area contributed by atoms with Gasteiger partial charge in [0.1, 0.15) is 5.76 Å². The van der Waals surface area contributed by atoms with Crippen molar-refractivity contribution in [3.63, 3.8) is 0 Å². The number of aromatic nitrogens is 1. The first-order chi connectivity index (χ1) is 14.5. The van der Waals surface area contributed by atoms with Gasteiger partial charge in [-0.15, -0.1) is 0 Å². The lowest BCUT2D eigenvalue weighted by Gasteiger charge is -2.26. The topological polar surface area (TPSA) is 70.5 Å². The van der Waals surface area contributed by atoms with E-state index >= 15 is 0 Å². The number of hydrogen-bond donors (Lipinski definition) is 1. The van der Waals surface area contributed by atoms with Crippen LogP contribution in [0.1, 0.15) is 33.9 Å². The Labute approximate surface area is 175 Å². The predicted octanol–water partition coefficient (Wildman–Crippen LogP) is 4.32. The number of aryl methyl sites for hydroxylation is 2. The lowest BCUT2D eigenvalue weighted by molar-refractivity contribution is -0.140. The maximum Gasteiger partial charge on any atom is 0.295 e. The molecule has 1 fully saturated rings. The molecule has 2 heterocycles. The van der Waals surface area contributed by atoms with Gasteiger partial charge in [-0.1, -0.05) is 65.7 Å². The molecule has 5 heteroatoms. The van der Waals surface area contributed by atoms with E-state index in [4.69, 9.17) is 0 Å². The third-order valence-electron chi connectivity index (χ3n) is 5.22. The summed E-state index contributed by atoms with van der Waals surface area (Å²) in [4.78, 5) is 31.7. The van der Waals surface area contributed by atoms with Crippen molar-refractivity contribution < 1.29 is 14.7 Å². The molecule has 1 amide bonds. The molecule has 0 aliphatic carbocycles. The standard InChI is InChI=1S/C25H22N2O3/c1-16-11-17(2)13-20(12-16)22-21(23(28)19-8-4-3-5-9-19)24(29)25(30)27(22)15-18-7-6-10-26-14-18/h3-14,22,28H,15H2,1-2H3/b23-21-. The second-order valence-corrected chi connectivity index (χ2v) is 7.58. The molecule has 0 bridgehead atoms. The van der Waals surface area contributed by atoms with E-state index < -0.39 is 17.7 Å². The average molecular weight is 398 g/mol. The van der Waals surface area contributed by atoms with Crippen molar-refractivity contribution in [3.8, 4) is 0 Å². The third-order valence-corrected chi connectivity index (χ3v) is 5.22. The van der Waals surface area contributed by atoms with Gasteiger partial charge in [-0.05, 0) is 31.0 Å². The van der Waals surface area contributed by atoms with E-state index in [0.29, 0.717) is 5.56 Å². The van der Waals surface area contributed by atoms with E-state index in [-0.39, 0.29) is 17.9 Å². The highest BCUT2D eigenvalue weighted by atomic mass is 16.3. The largest absolute Gasteiger partial charge is 0.507 e. The molecule has 1 aliphatic rings. The molecule has 30 heavy (non-hydrogen) atoms. The quantitative estimate of drug-likeness (QED) is 0.404. The molecule has 1 N–H and O–H groups in total. The van der Waals surface area contributed by atoms with Crippen LogP contribution < -0.4 is 0 Å². The molecule has 3 aromatic rings. The van der Waals surface area contributed by atoms with Crippen molar-refractivity contribution >= 4 is 17.4 Å². The summed E-state index contributed by atoms with van der Waals surface area (Å²) in [6, 6.07) is 17.8. The Bertz CT molecular complexity index is 1120. The number of likely N-dealkylation sites (tertiary alicyclic amines) is 1. The molecule has 1 unspecified atom stereocenters. The lowest BCUT2D eigenvalue weighted by Crippen LogP contribution is -2.29. The van der Waals surface area contributed by atoms with E-state index in [1.54, 1.807) is 42.7 Å². The molecule has 0 spiro atoms. The van der Waals surface area contributed by atoms with Crippen LogP contribution in [0.4, 0.5) is 0 Å². The number of Topliss-reactive ketones (excluding diaryl/α,β-unsaturated/α-hetero) is 1. The van der Waals surface area contributed by atoms with Crippen molar-refractivity contribution in [3.05, 3.63) is 106 Å². The minimum Gasteiger partial charge on any atom is -0.507 e. The second-order valence-electron chi connectivity index (χ2n) is 7.58. The van der Waals surface area contributed by atoms with E-state index in [1.165, 1.54) is 4.90 Å². The van der Waals surface area contributed by atoms with Gasteiger partial charge in [-0.2, -0.15) is 0 Å². The van der Waals surface area contributed by atoms with Crippen LogP contribution in [0.3, 0.4) is 0 Å². The Morgan fingerprint density at radius 2 is 1.70 bits per heavy atom. The highest BCUT2D eigenvalue weighted by Crippen LogP contribution is 2.40. The molecule has 5 nitrogen and oxygen atoms in total. The van der Waals surface area contributed by atoms with Gasteiger partial charge >= 0.3 is 0 Å². The van der Waals surface area contributed by atoms with Crippen LogP contribution in [0.2, 0.25) is 0 Å². The van der Waals surface area contributed by atoms with Crippen LogP contribution in [-0.2, 0) is 16.1 Å². The van der Waals surface area contributed by atoms with Crippen LogP contribution in [0.25, 0.3) is 5.76 Å². The van der Waals surface area contributed by atoms with E-state index in [9.17, 15) is 14.7 Å². The Kier molecular flexibility index (Phi) is 5.19. The van der Waals surface area contributed by atoms with Crippen molar-refractivity contribution in [1.29, 1.82) is 0 Å². The van der Waals surface area contributed by atoms with Crippen molar-refractivity contribution in [2.24, 2.45) is 0 Å². The summed E-state index contributed by atoms with van der Waals surface area (Å²) in [5.41, 5.74) is 4.28. The molecule has 2 aromatic carbocycles. The fourth-order valence-electron chi connectivity index (χ4n) is 4.00. The van der Waals surface area contributed by atoms with Crippen LogP contribution >= 0.6 is 0 Å². The maximum absolute atomic E-state index is 13.0. The summed E-state index contributed by atoms with van der Waals surface area (Å²) in [6.07, 6.45) is 3.34. The number of aliphatic hydroxyl groups excluding tert-OH is 1. The second kappa shape index (κ2) is 7.95. The fraction of sp³-hybridized carbons (Fsp3) is 0.160. The summed E-state index contributed by atoms with van der Waals surface area (Å²) in [5, 5.41) is 11.0. The number of carbonyl (C=O) groups excluding carboxylic acids is 2. The summed E-state index contributed by atoms with van der Waals surface area (Å²) in [6.45, 7) is 4.17. The molecular weight excluding hydrogens is 376 g/mol. The number of amides is 1. The van der Waals surface area contributed by atoms with Crippen molar-refractivity contribution in [1.82, 2.24) is 9.88 Å². The summed E-state index contributed by atoms with van der Waals surface area (Å²) >= 11 is 0. The zero-order valence-corrected chi connectivity index (χ0v) is 16.9. The first-order valence-corrected chi connectivity index (χ1v) is 9.76. The number of aliphatic hydroxyl groups is 1. The monoisotopic (exact) mass is 398 g/mol. The normalized spacial score (nSPS) is 18.1. The predicted molar refractivity (Wildman–Crippen MR) is 114 cm³/mol. The summed E-state index contributed by atoms with van der Waals surface area (Å²) in [5.74, 6) is -1.46. The molecule has 0 radical (unpaired) electrons. The zero-order valence-electron chi connectivity index (χ0n) is 16.9. The molecular formula is C25H22N2O3. The molecule has 1 saturated heterocycles. The minimum atomic E-state index is -0.677. The third kappa shape index (κ3) is 3.62. The smallest absolute Gasteiger partial charge is 0.295 e. The van der Waals surface area contributed by atoms with Gasteiger partial charge in [0.05, 0.1) is 11.6 Å². The maximum atomic E-state index is 13.0. The summed E-state index contributed by atoms with van der Waals surface area (Å²) < 4.78 is 0. The summed E-state index contributed by atoms with van der Waals surface area (Å²) in [7, 11) is 0. The number of carbonyl (C=O) groups is 2. The molecule has 1 aliphatic heterocycles. The highest BCUT2D eigenvalue weighted by molar-refractivity contribution is 6.46. The molecule has 1 aromatic heterocycles. The zero-order chi connectivity index (χ0) is 21.3. The first kappa shape index (κ1) is 19.6. The van der Waals surface area contributed by atoms with Gasteiger partial charge in [-0.3, -0.25) is 14.6 Å². The first-order valence-electron chi connectivity index (χ1n) is 9.76. The van der Waals surface area contributed by atoms with Crippen LogP contribution in [0.5, 0.6) is 0 Å². The Balaban J connectivity index is 1.90. The number of rotatable bonds is 4. The minimum absolute atomic E-state index is 0.111. The van der Waals surface area contributed by atoms with Gasteiger partial charge in [0, 0.05) is 24.5 Å². The fourth-order valence-corrected chi connectivity index (χ4v) is 4.00. The van der Waals surface area contributed by atoms with E-state index in [0.717, 1.165) is 22.3 Å². The lowest BCUT2D eigenvalue weighted by atomic mass is 9.93. The molecule has 4 rings (SSSR count).